The number of hydrogen-bond acceptors (Lipinski definition) is 2. The zero-order valence-corrected chi connectivity index (χ0v) is 15.2. The molecule has 22 heavy (non-hydrogen) atoms. The van der Waals surface area contributed by atoms with E-state index in [0.717, 1.165) is 25.7 Å². The molecular formula is C18H34O4. The highest BCUT2D eigenvalue weighted by molar-refractivity contribution is 5.76. The van der Waals surface area contributed by atoms with Crippen LogP contribution in [0.5, 0.6) is 0 Å². The van der Waals surface area contributed by atoms with Crippen molar-refractivity contribution in [2.75, 3.05) is 0 Å². The Hall–Kier alpha value is -1.06. The van der Waals surface area contributed by atoms with E-state index in [0.29, 0.717) is 12.8 Å². The average Bonchev–Trinajstić information content (AvgIpc) is 2.28. The molecule has 0 rings (SSSR count). The van der Waals surface area contributed by atoms with Crippen molar-refractivity contribution in [1.29, 1.82) is 0 Å². The maximum absolute atomic E-state index is 12.1. The van der Waals surface area contributed by atoms with E-state index in [4.69, 9.17) is 5.11 Å². The molecule has 0 atom stereocenters. The first-order valence-electron chi connectivity index (χ1n) is 8.31. The van der Waals surface area contributed by atoms with E-state index in [1.807, 2.05) is 41.5 Å². The summed E-state index contributed by atoms with van der Waals surface area (Å²) in [5.74, 6) is -1.45. The molecule has 0 saturated carbocycles. The lowest BCUT2D eigenvalue weighted by molar-refractivity contribution is -0.170. The molecule has 130 valence electrons. The summed E-state index contributed by atoms with van der Waals surface area (Å²) in [5.41, 5.74) is -1.40. The van der Waals surface area contributed by atoms with Gasteiger partial charge in [-0.3, -0.25) is 9.59 Å². The number of carboxylic acid groups (broad SMARTS) is 2. The third-order valence-electron chi connectivity index (χ3n) is 4.87. The Labute approximate surface area is 135 Å². The summed E-state index contributed by atoms with van der Waals surface area (Å²) in [6.07, 6.45) is 5.29. The molecule has 0 unspecified atom stereocenters. The topological polar surface area (TPSA) is 74.6 Å². The summed E-state index contributed by atoms with van der Waals surface area (Å²) in [6.45, 7) is 12.1. The smallest absolute Gasteiger partial charge is 0.310 e. The van der Waals surface area contributed by atoms with Gasteiger partial charge in [0.1, 0.15) is 0 Å². The van der Waals surface area contributed by atoms with Crippen LogP contribution < -0.4 is 0 Å². The molecule has 4 heteroatoms. The lowest BCUT2D eigenvalue weighted by atomic mass is 9.52. The molecule has 0 amide bonds. The Kier molecular flexibility index (Phi) is 7.60. The Morgan fingerprint density at radius 2 is 1.14 bits per heavy atom. The predicted octanol–water partition coefficient (Wildman–Crippen LogP) is 4.96. The van der Waals surface area contributed by atoms with Crippen LogP contribution in [0.2, 0.25) is 0 Å². The molecule has 0 radical (unpaired) electrons. The summed E-state index contributed by atoms with van der Waals surface area (Å²) in [6, 6.07) is 0. The van der Waals surface area contributed by atoms with Crippen molar-refractivity contribution in [2.24, 2.45) is 16.2 Å². The standard InChI is InChI=1S/C18H34O4/c1-16(2,3)18(15(21)22,17(4,5)6)13-11-9-7-8-10-12-14(19)20/h7-13H2,1-6H3,(H,19,20)(H,21,22). The molecule has 4 nitrogen and oxygen atoms in total. The van der Waals surface area contributed by atoms with Crippen molar-refractivity contribution in [3.05, 3.63) is 0 Å². The van der Waals surface area contributed by atoms with Crippen LogP contribution in [0, 0.1) is 16.2 Å². The number of rotatable bonds is 9. The Balaban J connectivity index is 4.64. The number of carboxylic acids is 2. The van der Waals surface area contributed by atoms with Crippen molar-refractivity contribution < 1.29 is 19.8 Å². The summed E-state index contributed by atoms with van der Waals surface area (Å²) in [5, 5.41) is 18.5. The molecule has 0 aromatic rings. The maximum Gasteiger partial charge on any atom is 0.310 e. The van der Waals surface area contributed by atoms with E-state index in [1.54, 1.807) is 0 Å². The minimum atomic E-state index is -0.763. The van der Waals surface area contributed by atoms with Crippen molar-refractivity contribution in [3.8, 4) is 0 Å². The quantitative estimate of drug-likeness (QED) is 0.589. The Bertz CT molecular complexity index is 358. The SMILES string of the molecule is CC(C)(C)C(CCCCCCCC(=O)O)(C(=O)O)C(C)(C)C. The highest BCUT2D eigenvalue weighted by Gasteiger charge is 2.55. The molecule has 0 aliphatic rings. The summed E-state index contributed by atoms with van der Waals surface area (Å²) in [4.78, 5) is 22.5. The lowest BCUT2D eigenvalue weighted by Gasteiger charge is -2.50. The zero-order chi connectivity index (χ0) is 17.6. The van der Waals surface area contributed by atoms with E-state index in [1.165, 1.54) is 0 Å². The van der Waals surface area contributed by atoms with Crippen LogP contribution in [0.15, 0.2) is 0 Å². The first kappa shape index (κ1) is 20.9. The first-order chi connectivity index (χ1) is 9.86. The van der Waals surface area contributed by atoms with Gasteiger partial charge in [-0.25, -0.2) is 0 Å². The van der Waals surface area contributed by atoms with Crippen molar-refractivity contribution >= 4 is 11.9 Å². The van der Waals surface area contributed by atoms with Gasteiger partial charge in [0, 0.05) is 6.42 Å². The number of aliphatic carboxylic acids is 2. The largest absolute Gasteiger partial charge is 0.481 e. The molecule has 0 aliphatic carbocycles. The third kappa shape index (κ3) is 5.29. The predicted molar refractivity (Wildman–Crippen MR) is 88.9 cm³/mol. The van der Waals surface area contributed by atoms with Crippen molar-refractivity contribution in [1.82, 2.24) is 0 Å². The van der Waals surface area contributed by atoms with Crippen molar-refractivity contribution in [2.45, 2.75) is 86.5 Å². The van der Waals surface area contributed by atoms with Gasteiger partial charge in [0.05, 0.1) is 5.41 Å². The van der Waals surface area contributed by atoms with Gasteiger partial charge in [-0.05, 0) is 23.7 Å². The van der Waals surface area contributed by atoms with E-state index in [2.05, 4.69) is 0 Å². The fraction of sp³-hybridized carbons (Fsp3) is 0.889. The minimum absolute atomic E-state index is 0.225. The summed E-state index contributed by atoms with van der Waals surface area (Å²) in [7, 11) is 0. The lowest BCUT2D eigenvalue weighted by Crippen LogP contribution is -2.52. The molecule has 2 N–H and O–H groups in total. The summed E-state index contributed by atoms with van der Waals surface area (Å²) >= 11 is 0. The molecule has 0 saturated heterocycles. The van der Waals surface area contributed by atoms with E-state index < -0.39 is 17.4 Å². The van der Waals surface area contributed by atoms with Gasteiger partial charge in [-0.1, -0.05) is 67.2 Å². The number of hydrogen-bond donors (Lipinski definition) is 2. The molecule has 0 aromatic carbocycles. The van der Waals surface area contributed by atoms with Crippen LogP contribution in [-0.4, -0.2) is 22.2 Å². The van der Waals surface area contributed by atoms with Crippen LogP contribution in [0.3, 0.4) is 0 Å². The second-order valence-corrected chi connectivity index (χ2v) is 8.37. The van der Waals surface area contributed by atoms with Gasteiger partial charge in [0.15, 0.2) is 0 Å². The van der Waals surface area contributed by atoms with Crippen LogP contribution in [0.25, 0.3) is 0 Å². The average molecular weight is 314 g/mol. The number of carbonyl (C=O) groups is 2. The van der Waals surface area contributed by atoms with Gasteiger partial charge in [0.2, 0.25) is 0 Å². The molecule has 0 spiro atoms. The van der Waals surface area contributed by atoms with E-state index >= 15 is 0 Å². The van der Waals surface area contributed by atoms with Gasteiger partial charge >= 0.3 is 11.9 Å². The Morgan fingerprint density at radius 3 is 1.50 bits per heavy atom. The van der Waals surface area contributed by atoms with Crippen LogP contribution in [-0.2, 0) is 9.59 Å². The normalized spacial score (nSPS) is 13.2. The molecule has 0 aliphatic heterocycles. The number of unbranched alkanes of at least 4 members (excludes halogenated alkanes) is 4. The summed E-state index contributed by atoms with van der Waals surface area (Å²) < 4.78 is 0. The van der Waals surface area contributed by atoms with Gasteiger partial charge in [0.25, 0.3) is 0 Å². The highest BCUT2D eigenvalue weighted by atomic mass is 16.4. The van der Waals surface area contributed by atoms with Gasteiger partial charge in [-0.2, -0.15) is 0 Å². The van der Waals surface area contributed by atoms with Crippen LogP contribution in [0.1, 0.15) is 86.5 Å². The van der Waals surface area contributed by atoms with Crippen LogP contribution >= 0.6 is 0 Å². The third-order valence-corrected chi connectivity index (χ3v) is 4.87. The monoisotopic (exact) mass is 314 g/mol. The zero-order valence-electron chi connectivity index (χ0n) is 15.2. The molecule has 0 aromatic heterocycles. The van der Waals surface area contributed by atoms with Crippen molar-refractivity contribution in [3.63, 3.8) is 0 Å². The minimum Gasteiger partial charge on any atom is -0.481 e. The fourth-order valence-corrected chi connectivity index (χ4v) is 3.82. The van der Waals surface area contributed by atoms with Gasteiger partial charge < -0.3 is 10.2 Å². The van der Waals surface area contributed by atoms with Crippen LogP contribution in [0.4, 0.5) is 0 Å². The Morgan fingerprint density at radius 1 is 0.727 bits per heavy atom. The second-order valence-electron chi connectivity index (χ2n) is 8.37. The van der Waals surface area contributed by atoms with E-state index in [9.17, 15) is 14.7 Å². The van der Waals surface area contributed by atoms with Gasteiger partial charge in [-0.15, -0.1) is 0 Å². The van der Waals surface area contributed by atoms with E-state index in [-0.39, 0.29) is 17.3 Å². The maximum atomic E-state index is 12.1. The molecular weight excluding hydrogens is 280 g/mol. The first-order valence-corrected chi connectivity index (χ1v) is 8.31. The highest BCUT2D eigenvalue weighted by Crippen LogP contribution is 2.55. The molecule has 0 bridgehead atoms. The fourth-order valence-electron chi connectivity index (χ4n) is 3.82. The second kappa shape index (κ2) is 7.98. The molecule has 0 heterocycles. The molecule has 0 fully saturated rings.